The Morgan fingerprint density at radius 1 is 1.32 bits per heavy atom. The summed E-state index contributed by atoms with van der Waals surface area (Å²) < 4.78 is 0. The van der Waals surface area contributed by atoms with Crippen molar-refractivity contribution >= 4 is 0 Å². The number of hydrogen-bond donors (Lipinski definition) is 2. The van der Waals surface area contributed by atoms with Gasteiger partial charge in [-0.1, -0.05) is 27.7 Å². The highest BCUT2D eigenvalue weighted by atomic mass is 16.3. The second-order valence-corrected chi connectivity index (χ2v) is 7.46. The van der Waals surface area contributed by atoms with Gasteiger partial charge in [-0.05, 0) is 30.6 Å². The van der Waals surface area contributed by atoms with Crippen LogP contribution in [0.25, 0.3) is 0 Å². The summed E-state index contributed by atoms with van der Waals surface area (Å²) in [5.74, 6) is 1.31. The van der Waals surface area contributed by atoms with Crippen molar-refractivity contribution in [2.24, 2.45) is 17.3 Å². The van der Waals surface area contributed by atoms with Gasteiger partial charge in [-0.2, -0.15) is 0 Å². The molecule has 0 amide bonds. The third-order valence-electron chi connectivity index (χ3n) is 5.29. The van der Waals surface area contributed by atoms with Gasteiger partial charge in [-0.3, -0.25) is 0 Å². The lowest BCUT2D eigenvalue weighted by Crippen LogP contribution is -2.43. The fraction of sp³-hybridized carbons (Fsp3) is 1.00. The first-order chi connectivity index (χ1) is 8.93. The van der Waals surface area contributed by atoms with Gasteiger partial charge in [-0.15, -0.1) is 0 Å². The van der Waals surface area contributed by atoms with E-state index in [1.165, 1.54) is 25.9 Å². The van der Waals surface area contributed by atoms with Crippen LogP contribution in [0.15, 0.2) is 0 Å². The molecule has 0 spiro atoms. The third kappa shape index (κ3) is 3.71. The maximum absolute atomic E-state index is 10.0. The molecular weight excluding hydrogens is 236 g/mol. The van der Waals surface area contributed by atoms with Crippen LogP contribution in [0.2, 0.25) is 0 Å². The number of nitrogens with zero attached hydrogens (tertiary/aromatic N) is 1. The van der Waals surface area contributed by atoms with Gasteiger partial charge >= 0.3 is 0 Å². The van der Waals surface area contributed by atoms with Crippen molar-refractivity contribution in [2.45, 2.75) is 59.1 Å². The Balaban J connectivity index is 1.85. The number of likely N-dealkylation sites (tertiary alicyclic amines) is 1. The SMILES string of the molecule is CCC(C)(CNC(C)C)CN1CC2CCC(O)C2C1. The minimum Gasteiger partial charge on any atom is -0.393 e. The molecule has 19 heavy (non-hydrogen) atoms. The van der Waals surface area contributed by atoms with E-state index in [2.05, 4.69) is 37.9 Å². The number of rotatable bonds is 6. The minimum absolute atomic E-state index is 0.0309. The largest absolute Gasteiger partial charge is 0.393 e. The summed E-state index contributed by atoms with van der Waals surface area (Å²) in [4.78, 5) is 2.60. The van der Waals surface area contributed by atoms with Crippen molar-refractivity contribution in [1.29, 1.82) is 0 Å². The van der Waals surface area contributed by atoms with Crippen LogP contribution < -0.4 is 5.32 Å². The van der Waals surface area contributed by atoms with Crippen molar-refractivity contribution in [2.75, 3.05) is 26.2 Å². The molecule has 4 atom stereocenters. The topological polar surface area (TPSA) is 35.5 Å². The number of nitrogens with one attached hydrogen (secondary N) is 1. The molecule has 2 aliphatic rings. The fourth-order valence-corrected chi connectivity index (χ4v) is 3.74. The molecule has 3 heteroatoms. The second-order valence-electron chi connectivity index (χ2n) is 7.46. The van der Waals surface area contributed by atoms with E-state index in [-0.39, 0.29) is 6.10 Å². The number of aliphatic hydroxyl groups is 1. The summed E-state index contributed by atoms with van der Waals surface area (Å²) in [6.07, 6.45) is 3.44. The summed E-state index contributed by atoms with van der Waals surface area (Å²) in [6.45, 7) is 13.7. The molecule has 2 N–H and O–H groups in total. The average molecular weight is 268 g/mol. The van der Waals surface area contributed by atoms with Gasteiger partial charge in [0.2, 0.25) is 0 Å². The van der Waals surface area contributed by atoms with E-state index in [4.69, 9.17) is 0 Å². The summed E-state index contributed by atoms with van der Waals surface area (Å²) in [5.41, 5.74) is 0.355. The smallest absolute Gasteiger partial charge is 0.0583 e. The van der Waals surface area contributed by atoms with Crippen LogP contribution in [-0.2, 0) is 0 Å². The molecule has 0 aromatic carbocycles. The molecule has 1 aliphatic carbocycles. The Kier molecular flexibility index (Phi) is 4.91. The van der Waals surface area contributed by atoms with Crippen LogP contribution in [0.3, 0.4) is 0 Å². The molecule has 0 radical (unpaired) electrons. The molecule has 0 bridgehead atoms. The fourth-order valence-electron chi connectivity index (χ4n) is 3.74. The van der Waals surface area contributed by atoms with E-state index in [0.717, 1.165) is 25.4 Å². The highest BCUT2D eigenvalue weighted by molar-refractivity contribution is 4.95. The lowest BCUT2D eigenvalue weighted by atomic mass is 9.86. The molecule has 3 nitrogen and oxygen atoms in total. The molecule has 112 valence electrons. The predicted molar refractivity (Wildman–Crippen MR) is 80.2 cm³/mol. The van der Waals surface area contributed by atoms with E-state index in [0.29, 0.717) is 17.4 Å². The third-order valence-corrected chi connectivity index (χ3v) is 5.29. The van der Waals surface area contributed by atoms with Crippen LogP contribution in [-0.4, -0.2) is 48.3 Å². The van der Waals surface area contributed by atoms with Gasteiger partial charge in [0.15, 0.2) is 0 Å². The zero-order valence-electron chi connectivity index (χ0n) is 13.2. The zero-order valence-corrected chi connectivity index (χ0v) is 13.2. The van der Waals surface area contributed by atoms with Crippen molar-refractivity contribution in [3.63, 3.8) is 0 Å². The van der Waals surface area contributed by atoms with E-state index >= 15 is 0 Å². The number of fused-ring (bicyclic) bond motifs is 1. The van der Waals surface area contributed by atoms with E-state index < -0.39 is 0 Å². The molecule has 1 saturated heterocycles. The van der Waals surface area contributed by atoms with Gasteiger partial charge in [0, 0.05) is 38.1 Å². The molecule has 0 aromatic rings. The predicted octanol–water partition coefficient (Wildman–Crippen LogP) is 2.10. The maximum Gasteiger partial charge on any atom is 0.0583 e. The lowest BCUT2D eigenvalue weighted by Gasteiger charge is -2.34. The second kappa shape index (κ2) is 6.11. The minimum atomic E-state index is -0.0309. The van der Waals surface area contributed by atoms with Gasteiger partial charge in [-0.25, -0.2) is 0 Å². The van der Waals surface area contributed by atoms with Gasteiger partial charge in [0.1, 0.15) is 0 Å². The zero-order chi connectivity index (χ0) is 14.0. The van der Waals surface area contributed by atoms with E-state index in [1.807, 2.05) is 0 Å². The number of aliphatic hydroxyl groups excluding tert-OH is 1. The maximum atomic E-state index is 10.0. The molecule has 1 heterocycles. The van der Waals surface area contributed by atoms with E-state index in [9.17, 15) is 5.11 Å². The normalized spacial score (nSPS) is 34.7. The molecule has 2 fully saturated rings. The summed E-state index contributed by atoms with van der Waals surface area (Å²) >= 11 is 0. The molecule has 4 unspecified atom stereocenters. The van der Waals surface area contributed by atoms with Crippen LogP contribution in [0.4, 0.5) is 0 Å². The highest BCUT2D eigenvalue weighted by Crippen LogP contribution is 2.39. The Morgan fingerprint density at radius 2 is 2.05 bits per heavy atom. The van der Waals surface area contributed by atoms with Gasteiger partial charge in [0.05, 0.1) is 6.10 Å². The van der Waals surface area contributed by atoms with Crippen LogP contribution >= 0.6 is 0 Å². The van der Waals surface area contributed by atoms with Crippen LogP contribution in [0.5, 0.6) is 0 Å². The first-order valence-electron chi connectivity index (χ1n) is 8.07. The molecule has 1 aliphatic heterocycles. The Morgan fingerprint density at radius 3 is 2.63 bits per heavy atom. The average Bonchev–Trinajstić information content (AvgIpc) is 2.89. The monoisotopic (exact) mass is 268 g/mol. The Hall–Kier alpha value is -0.120. The molecular formula is C16H32N2O. The van der Waals surface area contributed by atoms with Crippen LogP contribution in [0.1, 0.15) is 47.0 Å². The first kappa shape index (κ1) is 15.3. The molecule has 0 aromatic heterocycles. The van der Waals surface area contributed by atoms with Gasteiger partial charge < -0.3 is 15.3 Å². The standard InChI is InChI=1S/C16H32N2O/c1-5-16(4,10-17-12(2)3)11-18-8-13-6-7-15(19)14(13)9-18/h12-15,17,19H,5-11H2,1-4H3. The highest BCUT2D eigenvalue weighted by Gasteiger charge is 2.43. The molecule has 1 saturated carbocycles. The first-order valence-corrected chi connectivity index (χ1v) is 8.07. The van der Waals surface area contributed by atoms with Crippen molar-refractivity contribution < 1.29 is 5.11 Å². The quantitative estimate of drug-likeness (QED) is 0.774. The van der Waals surface area contributed by atoms with Crippen molar-refractivity contribution in [3.8, 4) is 0 Å². The van der Waals surface area contributed by atoms with Crippen LogP contribution in [0, 0.1) is 17.3 Å². The Labute approximate surface area is 118 Å². The Bertz CT molecular complexity index is 294. The van der Waals surface area contributed by atoms with Crippen molar-refractivity contribution in [1.82, 2.24) is 10.2 Å². The summed E-state index contributed by atoms with van der Waals surface area (Å²) in [5, 5.41) is 13.6. The van der Waals surface area contributed by atoms with Gasteiger partial charge in [0.25, 0.3) is 0 Å². The summed E-state index contributed by atoms with van der Waals surface area (Å²) in [7, 11) is 0. The van der Waals surface area contributed by atoms with Crippen molar-refractivity contribution in [3.05, 3.63) is 0 Å². The summed E-state index contributed by atoms with van der Waals surface area (Å²) in [6, 6.07) is 0.561. The lowest BCUT2D eigenvalue weighted by molar-refractivity contribution is 0.113. The van der Waals surface area contributed by atoms with E-state index in [1.54, 1.807) is 0 Å². The molecule has 2 rings (SSSR count). The number of hydrogen-bond acceptors (Lipinski definition) is 3.